The first-order valence-electron chi connectivity index (χ1n) is 6.40. The smallest absolute Gasteiger partial charge is 0.123 e. The van der Waals surface area contributed by atoms with Crippen LogP contribution in [0.25, 0.3) is 0 Å². The third-order valence-electron chi connectivity index (χ3n) is 3.33. The quantitative estimate of drug-likeness (QED) is 0.835. The molecule has 0 bridgehead atoms. The van der Waals surface area contributed by atoms with Crippen molar-refractivity contribution in [2.24, 2.45) is 0 Å². The summed E-state index contributed by atoms with van der Waals surface area (Å²) < 4.78 is 18.5. The number of ether oxygens (including phenoxy) is 1. The third-order valence-corrected chi connectivity index (χ3v) is 3.33. The van der Waals surface area contributed by atoms with Gasteiger partial charge in [0, 0.05) is 12.4 Å². The van der Waals surface area contributed by atoms with Crippen LogP contribution in [0.15, 0.2) is 48.8 Å². The number of hydrogen-bond acceptors (Lipinski definition) is 3. The van der Waals surface area contributed by atoms with E-state index in [0.29, 0.717) is 12.2 Å². The Balaban J connectivity index is 2.18. The fraction of sp³-hybridized carbons (Fsp3) is 0.250. The summed E-state index contributed by atoms with van der Waals surface area (Å²) in [4.78, 5) is 4.06. The highest BCUT2D eigenvalue weighted by molar-refractivity contribution is 5.31. The van der Waals surface area contributed by atoms with Crippen LogP contribution in [0.1, 0.15) is 18.9 Å². The van der Waals surface area contributed by atoms with E-state index in [-0.39, 0.29) is 12.4 Å². The van der Waals surface area contributed by atoms with Crippen molar-refractivity contribution in [3.05, 3.63) is 60.2 Å². The molecule has 1 unspecified atom stereocenters. The van der Waals surface area contributed by atoms with E-state index < -0.39 is 5.41 Å². The SMILES string of the molecule is CCC(C#N)(COc1ccc(F)cc1)c1cccnc1. The first-order chi connectivity index (χ1) is 9.70. The highest BCUT2D eigenvalue weighted by Crippen LogP contribution is 2.28. The lowest BCUT2D eigenvalue weighted by molar-refractivity contribution is 0.247. The van der Waals surface area contributed by atoms with Gasteiger partial charge in [-0.25, -0.2) is 4.39 Å². The molecule has 0 aliphatic carbocycles. The molecule has 0 N–H and O–H groups in total. The van der Waals surface area contributed by atoms with E-state index in [1.807, 2.05) is 13.0 Å². The predicted molar refractivity (Wildman–Crippen MR) is 73.7 cm³/mol. The molecule has 0 spiro atoms. The predicted octanol–water partition coefficient (Wildman–Crippen LogP) is 3.47. The zero-order valence-electron chi connectivity index (χ0n) is 11.2. The van der Waals surface area contributed by atoms with Gasteiger partial charge in [-0.3, -0.25) is 4.98 Å². The van der Waals surface area contributed by atoms with Crippen LogP contribution in [0.4, 0.5) is 4.39 Å². The topological polar surface area (TPSA) is 45.9 Å². The second-order valence-electron chi connectivity index (χ2n) is 4.53. The van der Waals surface area contributed by atoms with Gasteiger partial charge < -0.3 is 4.74 Å². The minimum absolute atomic E-state index is 0.206. The van der Waals surface area contributed by atoms with Crippen molar-refractivity contribution in [1.82, 2.24) is 4.98 Å². The van der Waals surface area contributed by atoms with E-state index >= 15 is 0 Å². The van der Waals surface area contributed by atoms with Crippen molar-refractivity contribution >= 4 is 0 Å². The molecule has 0 radical (unpaired) electrons. The summed E-state index contributed by atoms with van der Waals surface area (Å²) >= 11 is 0. The molecule has 1 aromatic heterocycles. The van der Waals surface area contributed by atoms with Gasteiger partial charge in [-0.05, 0) is 42.3 Å². The van der Waals surface area contributed by atoms with Crippen LogP contribution in [0.3, 0.4) is 0 Å². The molecule has 0 saturated heterocycles. The molecular formula is C16H15FN2O. The fourth-order valence-corrected chi connectivity index (χ4v) is 1.95. The van der Waals surface area contributed by atoms with Crippen molar-refractivity contribution in [2.75, 3.05) is 6.61 Å². The van der Waals surface area contributed by atoms with Gasteiger partial charge in [0.05, 0.1) is 6.07 Å². The lowest BCUT2D eigenvalue weighted by Crippen LogP contribution is -2.31. The van der Waals surface area contributed by atoms with Gasteiger partial charge in [0.2, 0.25) is 0 Å². The molecule has 0 fully saturated rings. The molecule has 3 nitrogen and oxygen atoms in total. The lowest BCUT2D eigenvalue weighted by atomic mass is 9.81. The van der Waals surface area contributed by atoms with E-state index in [0.717, 1.165) is 5.56 Å². The number of nitrogens with zero attached hydrogens (tertiary/aromatic N) is 2. The molecule has 102 valence electrons. The summed E-state index contributed by atoms with van der Waals surface area (Å²) in [5, 5.41) is 9.53. The molecule has 4 heteroatoms. The maximum Gasteiger partial charge on any atom is 0.123 e. The van der Waals surface area contributed by atoms with E-state index in [4.69, 9.17) is 4.74 Å². The van der Waals surface area contributed by atoms with Crippen LogP contribution < -0.4 is 4.74 Å². The van der Waals surface area contributed by atoms with E-state index in [9.17, 15) is 9.65 Å². The molecular weight excluding hydrogens is 255 g/mol. The zero-order valence-corrected chi connectivity index (χ0v) is 11.2. The van der Waals surface area contributed by atoms with Crippen LogP contribution in [0.2, 0.25) is 0 Å². The minimum atomic E-state index is -0.747. The average Bonchev–Trinajstić information content (AvgIpc) is 2.51. The molecule has 0 aliphatic heterocycles. The Morgan fingerprint density at radius 1 is 1.30 bits per heavy atom. The van der Waals surface area contributed by atoms with E-state index in [2.05, 4.69) is 11.1 Å². The third kappa shape index (κ3) is 2.94. The van der Waals surface area contributed by atoms with Crippen molar-refractivity contribution < 1.29 is 9.13 Å². The molecule has 0 saturated carbocycles. The van der Waals surface area contributed by atoms with Crippen LogP contribution >= 0.6 is 0 Å². The fourth-order valence-electron chi connectivity index (χ4n) is 1.95. The molecule has 2 rings (SSSR count). The Hall–Kier alpha value is -2.41. The Morgan fingerprint density at radius 3 is 2.60 bits per heavy atom. The van der Waals surface area contributed by atoms with Gasteiger partial charge in [-0.15, -0.1) is 0 Å². The van der Waals surface area contributed by atoms with E-state index in [1.165, 1.54) is 12.1 Å². The largest absolute Gasteiger partial charge is 0.492 e. The van der Waals surface area contributed by atoms with Crippen LogP contribution in [-0.4, -0.2) is 11.6 Å². The molecule has 1 aromatic carbocycles. The summed E-state index contributed by atoms with van der Waals surface area (Å²) in [7, 11) is 0. The van der Waals surface area contributed by atoms with Crippen molar-refractivity contribution in [3.63, 3.8) is 0 Å². The van der Waals surface area contributed by atoms with Gasteiger partial charge in [0.25, 0.3) is 0 Å². The number of halogens is 1. The van der Waals surface area contributed by atoms with Gasteiger partial charge in [0.1, 0.15) is 23.6 Å². The van der Waals surface area contributed by atoms with Gasteiger partial charge in [0.15, 0.2) is 0 Å². The van der Waals surface area contributed by atoms with Gasteiger partial charge >= 0.3 is 0 Å². The Bertz CT molecular complexity index is 592. The Labute approximate surface area is 117 Å². The summed E-state index contributed by atoms with van der Waals surface area (Å²) in [5.74, 6) is 0.231. The normalized spacial score (nSPS) is 13.2. The highest BCUT2D eigenvalue weighted by atomic mass is 19.1. The second-order valence-corrected chi connectivity index (χ2v) is 4.53. The Kier molecular flexibility index (Phi) is 4.31. The van der Waals surface area contributed by atoms with Crippen LogP contribution in [0, 0.1) is 17.1 Å². The number of benzene rings is 1. The minimum Gasteiger partial charge on any atom is -0.492 e. The standard InChI is InChI=1S/C16H15FN2O/c1-2-16(11-18,13-4-3-9-19-10-13)12-20-15-7-5-14(17)6-8-15/h3-10H,2,12H2,1H3. The van der Waals surface area contributed by atoms with Crippen LogP contribution in [-0.2, 0) is 5.41 Å². The Morgan fingerprint density at radius 2 is 2.05 bits per heavy atom. The summed E-state index contributed by atoms with van der Waals surface area (Å²) in [6.07, 6.45) is 3.96. The van der Waals surface area contributed by atoms with Gasteiger partial charge in [-0.1, -0.05) is 13.0 Å². The molecule has 20 heavy (non-hydrogen) atoms. The molecule has 1 heterocycles. The highest BCUT2D eigenvalue weighted by Gasteiger charge is 2.31. The maximum atomic E-state index is 12.8. The van der Waals surface area contributed by atoms with Crippen molar-refractivity contribution in [3.8, 4) is 11.8 Å². The first kappa shape index (κ1) is 14.0. The van der Waals surface area contributed by atoms with Gasteiger partial charge in [-0.2, -0.15) is 5.26 Å². The molecule has 1 atom stereocenters. The van der Waals surface area contributed by atoms with Crippen LogP contribution in [0.5, 0.6) is 5.75 Å². The summed E-state index contributed by atoms with van der Waals surface area (Å²) in [6.45, 7) is 2.14. The number of hydrogen-bond donors (Lipinski definition) is 0. The zero-order chi connectivity index (χ0) is 14.4. The first-order valence-corrected chi connectivity index (χ1v) is 6.40. The molecule has 0 amide bonds. The lowest BCUT2D eigenvalue weighted by Gasteiger charge is -2.25. The monoisotopic (exact) mass is 270 g/mol. The molecule has 0 aliphatic rings. The van der Waals surface area contributed by atoms with Crippen molar-refractivity contribution in [2.45, 2.75) is 18.8 Å². The summed E-state index contributed by atoms with van der Waals surface area (Å²) in [6, 6.07) is 11.8. The molecule has 2 aromatic rings. The number of pyridine rings is 1. The summed E-state index contributed by atoms with van der Waals surface area (Å²) in [5.41, 5.74) is 0.0787. The number of nitriles is 1. The average molecular weight is 270 g/mol. The maximum absolute atomic E-state index is 12.8. The van der Waals surface area contributed by atoms with E-state index in [1.54, 1.807) is 30.6 Å². The number of aromatic nitrogens is 1. The second kappa shape index (κ2) is 6.16. The number of rotatable bonds is 5. The van der Waals surface area contributed by atoms with Crippen molar-refractivity contribution in [1.29, 1.82) is 5.26 Å².